The third kappa shape index (κ3) is 4.47. The molecule has 0 spiro atoms. The third-order valence-electron chi connectivity index (χ3n) is 5.58. The van der Waals surface area contributed by atoms with Gasteiger partial charge in [-0.1, -0.05) is 0 Å². The molecular weight excluding hydrogens is 452 g/mol. The number of thioether (sulfide) groups is 1. The lowest BCUT2D eigenvalue weighted by Crippen LogP contribution is -2.28. The number of carbonyl (C=O) groups is 1. The van der Waals surface area contributed by atoms with Gasteiger partial charge < -0.3 is 9.30 Å². The first-order valence-electron chi connectivity index (χ1n) is 10.7. The van der Waals surface area contributed by atoms with Crippen molar-refractivity contribution in [3.63, 3.8) is 0 Å². The van der Waals surface area contributed by atoms with Gasteiger partial charge >= 0.3 is 0 Å². The van der Waals surface area contributed by atoms with E-state index in [4.69, 9.17) is 4.74 Å². The van der Waals surface area contributed by atoms with Crippen molar-refractivity contribution in [3.8, 4) is 11.4 Å². The first kappa shape index (κ1) is 23.3. The molecule has 3 aromatic rings. The number of aromatic nitrogens is 1. The van der Waals surface area contributed by atoms with E-state index in [0.29, 0.717) is 16.6 Å². The summed E-state index contributed by atoms with van der Waals surface area (Å²) in [5.74, 6) is 0.662. The second-order valence-corrected chi connectivity index (χ2v) is 8.70. The average Bonchev–Trinajstić information content (AvgIpc) is 3.28. The highest BCUT2D eigenvalue weighted by Crippen LogP contribution is 2.35. The topological polar surface area (TPSA) is 90.0 Å². The molecule has 8 nitrogen and oxygen atoms in total. The van der Waals surface area contributed by atoms with Gasteiger partial charge in [-0.05, 0) is 86.6 Å². The zero-order chi connectivity index (χ0) is 24.4. The van der Waals surface area contributed by atoms with Crippen LogP contribution in [0.15, 0.2) is 64.5 Å². The highest BCUT2D eigenvalue weighted by molar-refractivity contribution is 8.18. The molecule has 0 N–H and O–H groups in total. The van der Waals surface area contributed by atoms with Crippen LogP contribution in [0, 0.1) is 24.0 Å². The summed E-state index contributed by atoms with van der Waals surface area (Å²) in [5, 5.41) is 11.6. The Morgan fingerprint density at radius 1 is 1.12 bits per heavy atom. The quantitative estimate of drug-likeness (QED) is 0.261. The number of nitro groups is 1. The normalized spacial score (nSPS) is 16.0. The lowest BCUT2D eigenvalue weighted by atomic mass is 10.2. The van der Waals surface area contributed by atoms with Crippen LogP contribution in [0.25, 0.3) is 11.8 Å². The van der Waals surface area contributed by atoms with E-state index >= 15 is 0 Å². The fourth-order valence-electron chi connectivity index (χ4n) is 3.83. The molecule has 0 aliphatic carbocycles. The van der Waals surface area contributed by atoms with Gasteiger partial charge in [-0.15, -0.1) is 0 Å². The van der Waals surface area contributed by atoms with E-state index in [2.05, 4.69) is 4.99 Å². The van der Waals surface area contributed by atoms with Gasteiger partial charge in [0.15, 0.2) is 5.17 Å². The second kappa shape index (κ2) is 9.56. The van der Waals surface area contributed by atoms with Crippen molar-refractivity contribution in [2.45, 2.75) is 20.8 Å². The zero-order valence-electron chi connectivity index (χ0n) is 19.3. The van der Waals surface area contributed by atoms with E-state index in [1.807, 2.05) is 61.7 Å². The van der Waals surface area contributed by atoms with Crippen LogP contribution in [0.2, 0.25) is 0 Å². The number of nitrogens with zero attached hydrogens (tertiary/aromatic N) is 4. The van der Waals surface area contributed by atoms with Crippen LogP contribution in [0.1, 0.15) is 23.9 Å². The molecule has 1 saturated heterocycles. The summed E-state index contributed by atoms with van der Waals surface area (Å²) in [6, 6.07) is 15.8. The Hall–Kier alpha value is -3.85. The van der Waals surface area contributed by atoms with Gasteiger partial charge in [0.2, 0.25) is 0 Å². The number of aliphatic imine (C=N–C) groups is 1. The second-order valence-electron chi connectivity index (χ2n) is 7.69. The predicted octanol–water partition coefficient (Wildman–Crippen LogP) is 5.63. The van der Waals surface area contributed by atoms with E-state index in [0.717, 1.165) is 34.1 Å². The van der Waals surface area contributed by atoms with Crippen molar-refractivity contribution >= 4 is 40.3 Å². The molecule has 1 amide bonds. The molecule has 174 valence electrons. The molecule has 1 aliphatic heterocycles. The van der Waals surface area contributed by atoms with Crippen LogP contribution < -0.4 is 4.74 Å². The van der Waals surface area contributed by atoms with Crippen molar-refractivity contribution in [2.75, 3.05) is 13.7 Å². The highest BCUT2D eigenvalue weighted by atomic mass is 32.2. The monoisotopic (exact) mass is 476 g/mol. The van der Waals surface area contributed by atoms with Crippen molar-refractivity contribution in [2.24, 2.45) is 4.99 Å². The van der Waals surface area contributed by atoms with Gasteiger partial charge in [0.25, 0.3) is 11.6 Å². The fourth-order valence-corrected chi connectivity index (χ4v) is 4.89. The molecule has 1 aliphatic rings. The number of carbonyl (C=O) groups excluding carboxylic acids is 1. The number of likely N-dealkylation sites (N-methyl/N-ethyl adjacent to an activating group) is 1. The van der Waals surface area contributed by atoms with Crippen molar-refractivity contribution in [1.82, 2.24) is 9.47 Å². The maximum absolute atomic E-state index is 13.1. The van der Waals surface area contributed by atoms with Crippen molar-refractivity contribution in [1.29, 1.82) is 0 Å². The summed E-state index contributed by atoms with van der Waals surface area (Å²) in [6.07, 6.45) is 1.89. The number of non-ortho nitro benzene ring substituents is 1. The van der Waals surface area contributed by atoms with Crippen LogP contribution in [-0.4, -0.2) is 39.1 Å². The number of amidine groups is 1. The molecular formula is C25H24N4O4S. The summed E-state index contributed by atoms with van der Waals surface area (Å²) in [7, 11) is 1.61. The number of benzene rings is 2. The van der Waals surface area contributed by atoms with Gasteiger partial charge in [-0.3, -0.25) is 19.8 Å². The molecule has 1 aromatic heterocycles. The molecule has 0 unspecified atom stereocenters. The summed E-state index contributed by atoms with van der Waals surface area (Å²) in [5.41, 5.74) is 4.43. The van der Waals surface area contributed by atoms with Crippen molar-refractivity contribution in [3.05, 3.63) is 86.6 Å². The fraction of sp³-hybridized carbons (Fsp3) is 0.200. The first-order chi connectivity index (χ1) is 16.3. The maximum atomic E-state index is 13.1. The summed E-state index contributed by atoms with van der Waals surface area (Å²) in [6.45, 7) is 6.37. The van der Waals surface area contributed by atoms with Crippen LogP contribution in [0.5, 0.6) is 5.75 Å². The van der Waals surface area contributed by atoms with E-state index in [-0.39, 0.29) is 11.6 Å². The number of methoxy groups -OCH3 is 1. The molecule has 0 bridgehead atoms. The van der Waals surface area contributed by atoms with Gasteiger partial charge in [-0.2, -0.15) is 0 Å². The predicted molar refractivity (Wildman–Crippen MR) is 135 cm³/mol. The van der Waals surface area contributed by atoms with Gasteiger partial charge in [-0.25, -0.2) is 4.99 Å². The van der Waals surface area contributed by atoms with Crippen LogP contribution in [0.3, 0.4) is 0 Å². The molecule has 2 aromatic carbocycles. The van der Waals surface area contributed by atoms with E-state index in [1.54, 1.807) is 24.1 Å². The first-order valence-corrected chi connectivity index (χ1v) is 11.5. The minimum absolute atomic E-state index is 0.0461. The Morgan fingerprint density at radius 2 is 1.79 bits per heavy atom. The van der Waals surface area contributed by atoms with E-state index in [1.165, 1.54) is 23.9 Å². The van der Waals surface area contributed by atoms with Crippen LogP contribution in [-0.2, 0) is 4.79 Å². The minimum Gasteiger partial charge on any atom is -0.497 e. The molecule has 2 heterocycles. The number of amides is 1. The Morgan fingerprint density at radius 3 is 2.38 bits per heavy atom. The standard InChI is InChI=1S/C25H24N4O4S/c1-5-27-24(30)23(34-25(27)26-19-6-12-22(33-4)13-7-19)15-18-14-16(2)28(17(18)3)20-8-10-21(11-9-20)29(31)32/h6-15H,5H2,1-4H3/b23-15-,26-25?. The zero-order valence-corrected chi connectivity index (χ0v) is 20.1. The summed E-state index contributed by atoms with van der Waals surface area (Å²) >= 11 is 1.35. The largest absolute Gasteiger partial charge is 0.497 e. The molecule has 0 radical (unpaired) electrons. The number of rotatable bonds is 6. The van der Waals surface area contributed by atoms with Gasteiger partial charge in [0.05, 0.1) is 22.6 Å². The van der Waals surface area contributed by atoms with Gasteiger partial charge in [0.1, 0.15) is 5.75 Å². The summed E-state index contributed by atoms with van der Waals surface area (Å²) in [4.78, 5) is 30.6. The number of hydrogen-bond donors (Lipinski definition) is 0. The highest BCUT2D eigenvalue weighted by Gasteiger charge is 2.32. The summed E-state index contributed by atoms with van der Waals surface area (Å²) < 4.78 is 7.21. The van der Waals surface area contributed by atoms with E-state index < -0.39 is 4.92 Å². The third-order valence-corrected chi connectivity index (χ3v) is 6.58. The van der Waals surface area contributed by atoms with Gasteiger partial charge in [0, 0.05) is 35.8 Å². The van der Waals surface area contributed by atoms with Crippen LogP contribution >= 0.6 is 11.8 Å². The number of aryl methyl sites for hydroxylation is 1. The SMILES string of the molecule is CCN1C(=O)/C(=C/c2cc(C)n(-c3ccc([N+](=O)[O-])cc3)c2C)SC1=Nc1ccc(OC)cc1. The lowest BCUT2D eigenvalue weighted by molar-refractivity contribution is -0.384. The van der Waals surface area contributed by atoms with Crippen molar-refractivity contribution < 1.29 is 14.5 Å². The van der Waals surface area contributed by atoms with Crippen LogP contribution in [0.4, 0.5) is 11.4 Å². The van der Waals surface area contributed by atoms with E-state index in [9.17, 15) is 14.9 Å². The average molecular weight is 477 g/mol. The molecule has 34 heavy (non-hydrogen) atoms. The number of hydrogen-bond acceptors (Lipinski definition) is 6. The Kier molecular flexibility index (Phi) is 6.56. The Labute approximate surface area is 201 Å². The number of ether oxygens (including phenoxy) is 1. The number of nitro benzene ring substituents is 1. The molecule has 9 heteroatoms. The Balaban J connectivity index is 1.66. The Bertz CT molecular complexity index is 1310. The smallest absolute Gasteiger partial charge is 0.269 e. The maximum Gasteiger partial charge on any atom is 0.269 e. The molecule has 4 rings (SSSR count). The molecule has 0 saturated carbocycles. The molecule has 0 atom stereocenters. The lowest BCUT2D eigenvalue weighted by Gasteiger charge is -2.12. The minimum atomic E-state index is -0.414. The molecule has 1 fully saturated rings.